The zero-order chi connectivity index (χ0) is 20.9. The molecule has 0 bridgehead atoms. The molecule has 0 saturated carbocycles. The average molecular weight is 434 g/mol. The Bertz CT molecular complexity index is 989. The summed E-state index contributed by atoms with van der Waals surface area (Å²) in [4.78, 5) is 6.87. The molecular weight excluding hydrogens is 409 g/mol. The number of likely N-dealkylation sites (tertiary alicyclic amines) is 1. The van der Waals surface area contributed by atoms with Crippen molar-refractivity contribution < 1.29 is 18.3 Å². The summed E-state index contributed by atoms with van der Waals surface area (Å²) < 4.78 is 29.0. The number of hydrogen-bond acceptors (Lipinski definition) is 6. The highest BCUT2D eigenvalue weighted by molar-refractivity contribution is 6.31. The van der Waals surface area contributed by atoms with Crippen molar-refractivity contribution in [3.05, 3.63) is 47.0 Å². The van der Waals surface area contributed by atoms with Gasteiger partial charge in [0.2, 0.25) is 0 Å². The normalized spacial score (nSPS) is 15.4. The molecule has 160 valence electrons. The monoisotopic (exact) mass is 433 g/mol. The molecule has 0 unspecified atom stereocenters. The molecule has 1 N–H and O–H groups in total. The number of methoxy groups -OCH3 is 1. The number of benzene rings is 2. The summed E-state index contributed by atoms with van der Waals surface area (Å²) in [5.74, 6) is 1.20. The number of fused-ring (bicyclic) bond motifs is 1. The lowest BCUT2D eigenvalue weighted by molar-refractivity contribution is 0.209. The molecule has 2 aromatic carbocycles. The Hall–Kier alpha value is -2.51. The summed E-state index contributed by atoms with van der Waals surface area (Å²) in [6.45, 7) is 2.22. The minimum atomic E-state index is -0.527. The molecule has 1 aliphatic rings. The Kier molecular flexibility index (Phi) is 6.59. The van der Waals surface area contributed by atoms with Gasteiger partial charge in [0.25, 0.3) is 6.01 Å². The third-order valence-electron chi connectivity index (χ3n) is 5.23. The lowest BCUT2D eigenvalue weighted by atomic mass is 10.0. The van der Waals surface area contributed by atoms with Crippen LogP contribution in [0.15, 0.2) is 40.8 Å². The lowest BCUT2D eigenvalue weighted by Crippen LogP contribution is -2.38. The van der Waals surface area contributed by atoms with E-state index in [0.717, 1.165) is 49.1 Å². The maximum atomic E-state index is 12.5. The molecule has 0 atom stereocenters. The van der Waals surface area contributed by atoms with Gasteiger partial charge in [0.05, 0.1) is 7.11 Å². The number of anilines is 1. The molecule has 30 heavy (non-hydrogen) atoms. The van der Waals surface area contributed by atoms with E-state index in [4.69, 9.17) is 25.5 Å². The first-order valence-corrected chi connectivity index (χ1v) is 10.4. The standard InChI is InChI=1S/C22H25ClFN3O3/c1-28-20-4-2-15(12-21(20)29-11-8-24)14-27-9-6-17(7-10-27)25-22-26-18-13-16(23)3-5-19(18)30-22/h2-5,12-13,17H,6-11,14H2,1H3,(H,25,26). The van der Waals surface area contributed by atoms with Crippen LogP contribution in [0, 0.1) is 0 Å². The van der Waals surface area contributed by atoms with Crippen molar-refractivity contribution in [2.24, 2.45) is 0 Å². The van der Waals surface area contributed by atoms with Crippen LogP contribution in [-0.2, 0) is 6.54 Å². The number of nitrogens with one attached hydrogen (secondary N) is 1. The Morgan fingerprint density at radius 2 is 2.03 bits per heavy atom. The number of piperidine rings is 1. The van der Waals surface area contributed by atoms with E-state index in [1.54, 1.807) is 19.2 Å². The van der Waals surface area contributed by atoms with Crippen molar-refractivity contribution in [2.45, 2.75) is 25.4 Å². The highest BCUT2D eigenvalue weighted by atomic mass is 35.5. The van der Waals surface area contributed by atoms with Gasteiger partial charge in [-0.15, -0.1) is 0 Å². The maximum absolute atomic E-state index is 12.5. The van der Waals surface area contributed by atoms with Crippen LogP contribution in [0.1, 0.15) is 18.4 Å². The van der Waals surface area contributed by atoms with Gasteiger partial charge >= 0.3 is 0 Å². The minimum Gasteiger partial charge on any atom is -0.493 e. The Morgan fingerprint density at radius 3 is 2.80 bits per heavy atom. The van der Waals surface area contributed by atoms with E-state index < -0.39 is 6.67 Å². The van der Waals surface area contributed by atoms with E-state index in [2.05, 4.69) is 15.2 Å². The molecule has 1 aliphatic heterocycles. The third kappa shape index (κ3) is 4.96. The van der Waals surface area contributed by atoms with Crippen molar-refractivity contribution in [1.82, 2.24) is 9.88 Å². The third-order valence-corrected chi connectivity index (χ3v) is 5.47. The van der Waals surface area contributed by atoms with E-state index in [-0.39, 0.29) is 6.61 Å². The van der Waals surface area contributed by atoms with Crippen LogP contribution in [0.25, 0.3) is 11.1 Å². The summed E-state index contributed by atoms with van der Waals surface area (Å²) >= 11 is 6.01. The number of rotatable bonds is 8. The van der Waals surface area contributed by atoms with E-state index >= 15 is 0 Å². The Labute approximate surface area is 179 Å². The Morgan fingerprint density at radius 1 is 1.20 bits per heavy atom. The van der Waals surface area contributed by atoms with Gasteiger partial charge in [0, 0.05) is 30.7 Å². The fourth-order valence-corrected chi connectivity index (χ4v) is 3.88. The molecule has 0 aliphatic carbocycles. The van der Waals surface area contributed by atoms with Crippen LogP contribution < -0.4 is 14.8 Å². The molecule has 6 nitrogen and oxygen atoms in total. The van der Waals surface area contributed by atoms with Gasteiger partial charge in [-0.25, -0.2) is 4.39 Å². The van der Waals surface area contributed by atoms with E-state index in [9.17, 15) is 4.39 Å². The summed E-state index contributed by atoms with van der Waals surface area (Å²) in [6, 6.07) is 12.1. The van der Waals surface area contributed by atoms with Crippen molar-refractivity contribution in [3.8, 4) is 11.5 Å². The predicted octanol–water partition coefficient (Wildman–Crippen LogP) is 4.91. The van der Waals surface area contributed by atoms with E-state index in [1.165, 1.54) is 0 Å². The van der Waals surface area contributed by atoms with Gasteiger partial charge < -0.3 is 19.2 Å². The fourth-order valence-electron chi connectivity index (χ4n) is 3.71. The van der Waals surface area contributed by atoms with Crippen LogP contribution in [0.3, 0.4) is 0 Å². The molecule has 2 heterocycles. The molecule has 0 amide bonds. The van der Waals surface area contributed by atoms with Gasteiger partial charge in [-0.2, -0.15) is 4.98 Å². The summed E-state index contributed by atoms with van der Waals surface area (Å²) in [5.41, 5.74) is 2.60. The van der Waals surface area contributed by atoms with Gasteiger partial charge in [-0.3, -0.25) is 4.90 Å². The molecule has 1 aromatic heterocycles. The van der Waals surface area contributed by atoms with Crippen molar-refractivity contribution in [3.63, 3.8) is 0 Å². The van der Waals surface area contributed by atoms with Crippen LogP contribution in [0.4, 0.5) is 10.4 Å². The highest BCUT2D eigenvalue weighted by Crippen LogP contribution is 2.29. The first kappa shape index (κ1) is 20.8. The number of ether oxygens (including phenoxy) is 2. The van der Waals surface area contributed by atoms with Gasteiger partial charge in [-0.1, -0.05) is 17.7 Å². The number of oxazole rings is 1. The SMILES string of the molecule is COc1ccc(CN2CCC(Nc3nc4cc(Cl)ccc4o3)CC2)cc1OCCF. The average Bonchev–Trinajstić information content (AvgIpc) is 3.15. The van der Waals surface area contributed by atoms with Crippen LogP contribution in [0.2, 0.25) is 5.02 Å². The smallest absolute Gasteiger partial charge is 0.295 e. The van der Waals surface area contributed by atoms with Gasteiger partial charge in [0.1, 0.15) is 18.8 Å². The van der Waals surface area contributed by atoms with Crippen molar-refractivity contribution in [1.29, 1.82) is 0 Å². The lowest BCUT2D eigenvalue weighted by Gasteiger charge is -2.32. The second kappa shape index (κ2) is 9.53. The van der Waals surface area contributed by atoms with E-state index in [1.807, 2.05) is 24.3 Å². The van der Waals surface area contributed by atoms with Crippen LogP contribution in [0.5, 0.6) is 11.5 Å². The molecule has 0 spiro atoms. The maximum Gasteiger partial charge on any atom is 0.295 e. The zero-order valence-electron chi connectivity index (χ0n) is 16.9. The highest BCUT2D eigenvalue weighted by Gasteiger charge is 2.21. The number of aromatic nitrogens is 1. The summed E-state index contributed by atoms with van der Waals surface area (Å²) in [6.07, 6.45) is 1.97. The minimum absolute atomic E-state index is 0.0267. The van der Waals surface area contributed by atoms with Gasteiger partial charge in [0.15, 0.2) is 17.1 Å². The largest absolute Gasteiger partial charge is 0.493 e. The van der Waals surface area contributed by atoms with Gasteiger partial charge in [-0.05, 0) is 48.7 Å². The second-order valence-electron chi connectivity index (χ2n) is 7.35. The summed E-state index contributed by atoms with van der Waals surface area (Å²) in [5, 5.41) is 4.05. The predicted molar refractivity (Wildman–Crippen MR) is 115 cm³/mol. The zero-order valence-corrected chi connectivity index (χ0v) is 17.6. The number of nitrogens with zero attached hydrogens (tertiary/aromatic N) is 2. The number of hydrogen-bond donors (Lipinski definition) is 1. The quantitative estimate of drug-likeness (QED) is 0.544. The number of alkyl halides is 1. The molecule has 4 rings (SSSR count). The van der Waals surface area contributed by atoms with E-state index in [0.29, 0.717) is 28.6 Å². The van der Waals surface area contributed by atoms with Crippen LogP contribution >= 0.6 is 11.6 Å². The molecule has 3 aromatic rings. The fraction of sp³-hybridized carbons (Fsp3) is 0.409. The summed E-state index contributed by atoms with van der Waals surface area (Å²) in [7, 11) is 1.58. The topological polar surface area (TPSA) is 59.8 Å². The van der Waals surface area contributed by atoms with Crippen molar-refractivity contribution in [2.75, 3.05) is 38.8 Å². The van der Waals surface area contributed by atoms with Crippen molar-refractivity contribution >= 4 is 28.7 Å². The first-order valence-electron chi connectivity index (χ1n) is 10.1. The molecule has 1 fully saturated rings. The van der Waals surface area contributed by atoms with Crippen LogP contribution in [-0.4, -0.2) is 49.4 Å². The molecule has 1 saturated heterocycles. The first-order chi connectivity index (χ1) is 14.6. The molecule has 8 heteroatoms. The molecule has 0 radical (unpaired) electrons. The second-order valence-corrected chi connectivity index (χ2v) is 7.78. The number of halogens is 2. The Balaban J connectivity index is 1.32. The molecular formula is C22H25ClFN3O3.